The molecule has 2 aliphatic rings. The quantitative estimate of drug-likeness (QED) is 0.0260. The van der Waals surface area contributed by atoms with E-state index in [1.165, 1.54) is 51.0 Å². The molecule has 11 rings (SSSR count). The van der Waals surface area contributed by atoms with Crippen LogP contribution in [0.25, 0.3) is 0 Å². The number of amides is 7. The molecule has 0 aliphatic heterocycles. The molecule has 6 heterocycles. The van der Waals surface area contributed by atoms with Crippen molar-refractivity contribution in [2.24, 2.45) is 66.2 Å². The Kier molecular flexibility index (Phi) is 66.3. The summed E-state index contributed by atoms with van der Waals surface area (Å²) in [6.45, 7) is 46.2. The molecule has 2 saturated carbocycles. The van der Waals surface area contributed by atoms with E-state index in [0.29, 0.717) is 67.7 Å². The summed E-state index contributed by atoms with van der Waals surface area (Å²) < 4.78 is 29.6. The minimum atomic E-state index is -3.19. The lowest BCUT2D eigenvalue weighted by molar-refractivity contribution is -0.125. The number of para-hydroxylation sites is 2. The predicted molar refractivity (Wildman–Crippen MR) is 543 cm³/mol. The number of aromatic nitrogens is 9. The van der Waals surface area contributed by atoms with Crippen molar-refractivity contribution in [2.75, 3.05) is 17.3 Å². The summed E-state index contributed by atoms with van der Waals surface area (Å²) in [4.78, 5) is 146. The molecule has 746 valence electrons. The normalized spacial score (nSPS) is 11.4. The Labute approximate surface area is 807 Å². The van der Waals surface area contributed by atoms with Gasteiger partial charge in [-0.1, -0.05) is 246 Å². The zero-order valence-corrected chi connectivity index (χ0v) is 83.7. The van der Waals surface area contributed by atoms with E-state index in [2.05, 4.69) is 71.8 Å². The number of hydrogen-bond acceptors (Lipinski definition) is 21. The summed E-state index contributed by atoms with van der Waals surface area (Å²) in [6, 6.07) is 44.5. The summed E-state index contributed by atoms with van der Waals surface area (Å²) >= 11 is 0. The van der Waals surface area contributed by atoms with Crippen LogP contribution in [0.15, 0.2) is 199 Å². The predicted octanol–water partition coefficient (Wildman–Crippen LogP) is 19.0. The zero-order valence-electron chi connectivity index (χ0n) is 82.9. The maximum atomic E-state index is 11.6. The lowest BCUT2D eigenvalue weighted by Crippen LogP contribution is -2.35. The number of benzene rings is 3. The first-order valence-corrected chi connectivity index (χ1v) is 47.0. The Morgan fingerprint density at radius 3 is 1.27 bits per heavy atom. The van der Waals surface area contributed by atoms with Gasteiger partial charge in [-0.3, -0.25) is 52.9 Å². The second-order valence-electron chi connectivity index (χ2n) is 34.8. The summed E-state index contributed by atoms with van der Waals surface area (Å²) in [5, 5.41) is 16.8. The molecular weight excluding hydrogens is 1730 g/mol. The molecule has 0 radical (unpaired) electrons. The molecular formula is C105H162N16O13S. The van der Waals surface area contributed by atoms with Gasteiger partial charge in [0.1, 0.15) is 40.5 Å². The average Bonchev–Trinajstić information content (AvgIpc) is 1.69. The van der Waals surface area contributed by atoms with E-state index in [9.17, 15) is 56.4 Å². The van der Waals surface area contributed by atoms with Gasteiger partial charge in [-0.05, 0) is 126 Å². The Morgan fingerprint density at radius 2 is 0.867 bits per heavy atom. The van der Waals surface area contributed by atoms with E-state index in [1.807, 2.05) is 261 Å². The van der Waals surface area contributed by atoms with Crippen LogP contribution >= 0.6 is 0 Å². The van der Waals surface area contributed by atoms with Crippen LogP contribution in [0.1, 0.15) is 264 Å². The van der Waals surface area contributed by atoms with Gasteiger partial charge < -0.3 is 45.8 Å². The molecule has 30 heteroatoms. The van der Waals surface area contributed by atoms with Crippen molar-refractivity contribution in [3.05, 3.63) is 235 Å². The second kappa shape index (κ2) is 70.5. The first kappa shape index (κ1) is 127. The number of hydrogen-bond donors (Lipinski definition) is 6. The smallest absolute Gasteiger partial charge is 0.229 e. The van der Waals surface area contributed by atoms with Gasteiger partial charge in [0.05, 0.1) is 37.4 Å². The molecule has 29 nitrogen and oxygen atoms in total. The van der Waals surface area contributed by atoms with Gasteiger partial charge in [0.25, 0.3) is 0 Å². The number of nitrogens with zero attached hydrogens (tertiary/aromatic N) is 10. The van der Waals surface area contributed by atoms with Crippen LogP contribution in [-0.4, -0.2) is 136 Å². The summed E-state index contributed by atoms with van der Waals surface area (Å²) in [5.74, 6) is 4.56. The molecule has 2 aliphatic carbocycles. The number of aryl methyl sites for hydroxylation is 3. The summed E-state index contributed by atoms with van der Waals surface area (Å²) in [7, 11) is 0.358. The highest BCUT2D eigenvalue weighted by Gasteiger charge is 2.25. The fourth-order valence-electron chi connectivity index (χ4n) is 10.2. The molecule has 0 bridgehead atoms. The molecule has 0 unspecified atom stereocenters. The van der Waals surface area contributed by atoms with Crippen molar-refractivity contribution < 1.29 is 60.8 Å². The largest absolute Gasteiger partial charge is 0.467 e. The molecule has 6 aromatic heterocycles. The maximum absolute atomic E-state index is 11.6. The number of Topliss-reactive ketones (excluding diaryl/α,β-unsaturated/α-hetero) is 3. The summed E-state index contributed by atoms with van der Waals surface area (Å²) in [5.41, 5.74) is 5.17. The number of ketones is 3. The summed E-state index contributed by atoms with van der Waals surface area (Å²) in [6.07, 6.45) is 21.0. The number of pyridine rings is 1. The van der Waals surface area contributed by atoms with Crippen molar-refractivity contribution in [3.8, 4) is 0 Å². The first-order valence-electron chi connectivity index (χ1n) is 45.4. The third-order valence-corrected chi connectivity index (χ3v) is 20.8. The van der Waals surface area contributed by atoms with Gasteiger partial charge in [0.15, 0.2) is 20.6 Å². The first-order chi connectivity index (χ1) is 62.2. The van der Waals surface area contributed by atoms with Crippen LogP contribution in [0.2, 0.25) is 0 Å². The van der Waals surface area contributed by atoms with Gasteiger partial charge in [0, 0.05) is 158 Å². The molecule has 3 aromatic carbocycles. The number of carbonyl (C=O) groups excluding carboxylic acids is 10. The highest BCUT2D eigenvalue weighted by atomic mass is 32.2. The molecule has 6 N–H and O–H groups in total. The number of imidazole rings is 1. The van der Waals surface area contributed by atoms with Crippen LogP contribution in [-0.2, 0) is 92.5 Å². The van der Waals surface area contributed by atoms with Crippen molar-refractivity contribution in [1.29, 1.82) is 0 Å². The number of furan rings is 1. The lowest BCUT2D eigenvalue weighted by atomic mass is 10.0. The van der Waals surface area contributed by atoms with E-state index in [4.69, 9.17) is 4.42 Å². The van der Waals surface area contributed by atoms with Gasteiger partial charge in [-0.25, -0.2) is 43.3 Å². The van der Waals surface area contributed by atoms with E-state index in [1.54, 1.807) is 106 Å². The Hall–Kier alpha value is -12.2. The molecule has 9 aromatic rings. The third kappa shape index (κ3) is 58.5. The van der Waals surface area contributed by atoms with Crippen LogP contribution in [0.3, 0.4) is 0 Å². The van der Waals surface area contributed by atoms with Crippen LogP contribution in [0.4, 0.5) is 11.4 Å². The Balaban J connectivity index is -0.00000142. The lowest BCUT2D eigenvalue weighted by Gasteiger charge is -2.19. The van der Waals surface area contributed by atoms with Gasteiger partial charge in [-0.15, -0.1) is 0 Å². The molecule has 0 atom stereocenters. The highest BCUT2D eigenvalue weighted by Crippen LogP contribution is 2.21. The van der Waals surface area contributed by atoms with E-state index < -0.39 is 15.1 Å². The minimum absolute atomic E-state index is 0. The van der Waals surface area contributed by atoms with Crippen molar-refractivity contribution in [1.82, 2.24) is 71.0 Å². The van der Waals surface area contributed by atoms with E-state index in [0.717, 1.165) is 34.1 Å². The van der Waals surface area contributed by atoms with Gasteiger partial charge in [-0.2, -0.15) is 0 Å². The monoisotopic (exact) mass is 1890 g/mol. The van der Waals surface area contributed by atoms with Crippen molar-refractivity contribution >= 4 is 79.9 Å². The van der Waals surface area contributed by atoms with Gasteiger partial charge >= 0.3 is 0 Å². The number of carbonyl (C=O) groups is 10. The number of sulfone groups is 1. The Bertz CT molecular complexity index is 4660. The topological polar surface area (TPSA) is 401 Å². The minimum Gasteiger partial charge on any atom is -0.467 e. The molecule has 0 saturated heterocycles. The fourth-order valence-corrected chi connectivity index (χ4v) is 11.2. The van der Waals surface area contributed by atoms with E-state index in [-0.39, 0.29) is 145 Å². The zero-order chi connectivity index (χ0) is 99.6. The van der Waals surface area contributed by atoms with Crippen LogP contribution in [0, 0.1) is 73.0 Å². The SMILES string of the molecule is C.C.C.CC(C)C(=O)Cc1ccccn1.CC(C)C(=O)Cc1ncccn1.CC(C)C(=O)N(C)c1ccccc1.CC(C)C(=O)NC1CC1.CC(C)C(=O)NC1CCCC1.CC(C)C(=O)NCc1ccccc1.CC(C)C(=O)NCc1ccco1.CC(C)C(=O)NCc1ncccn1.CC(C)C(=O)Nc1ccccc1.CC(C)S(=O)(=O)c1cn(C)cn1.Cc1cc(C(=O)C(C)C)nc(C)n1. The standard InChI is InChI=1S/2C11H15NO.C10H14N2O.2C10H13NO.C9H13N3O.C9H12N2O.C9H13NO2.C9H17NO.C7H12N2O2S.C7H13NO.3CH4/c1-9(2)11(13)12(3)10-7-5-4-6-8-10;1-9(2)11(13)12-8-10-6-4-3-5-7-10;1-6(2)10(13)9-5-7(3)11-8(4)12-9;1-8(2)10(12)7-9-5-3-4-6-11-9;1-8(2)10(12)11-9-6-4-3-5-7-9;1-7(2)9(13)12-6-8-10-4-3-5-11-8;1-7(2)8(12)6-9-10-4-3-5-11-9;1-7(2)9(11)10-6-8-4-3-5-12-8;1-7(2)9(11)10-8-5-3-4-6-8;1-6(2)12(10,11)7-4-9(3)5-8-7;1-5(2)7(9)8-6-3-4-6;;;/h4-9H,1-3H3;3-7,9H,8H2,1-2H3,(H,12,13);5-6H,1-4H3;3-6,8H,7H2,1-2H3;3-8H,1-2H3,(H,11,12);3-5,7H,6H2,1-2H3,(H,12,13);3-5,7H,6H2,1-2H3;3-5,7H,6H2,1-2H3,(H,10,11);7-8H,3-6H2,1-2H3,(H,10,11);4-6H,1-3H3;5-6H,3-4H2,1-2H3,(H,8,9);3*1H4. The van der Waals surface area contributed by atoms with E-state index >= 15 is 0 Å². The highest BCUT2D eigenvalue weighted by molar-refractivity contribution is 7.91. The van der Waals surface area contributed by atoms with Crippen LogP contribution in [0.5, 0.6) is 0 Å². The maximum Gasteiger partial charge on any atom is 0.229 e. The van der Waals surface area contributed by atoms with Gasteiger partial charge in [0.2, 0.25) is 41.4 Å². The number of nitrogens with one attached hydrogen (secondary N) is 6. The number of anilines is 2. The van der Waals surface area contributed by atoms with Crippen molar-refractivity contribution in [3.63, 3.8) is 0 Å². The number of rotatable bonds is 27. The molecule has 2 fully saturated rings. The van der Waals surface area contributed by atoms with Crippen molar-refractivity contribution in [2.45, 2.75) is 282 Å². The molecule has 135 heavy (non-hydrogen) atoms. The van der Waals surface area contributed by atoms with Crippen LogP contribution < -0.4 is 36.8 Å². The average molecular weight is 1890 g/mol. The second-order valence-corrected chi connectivity index (χ2v) is 37.3. The Morgan fingerprint density at radius 1 is 0.437 bits per heavy atom. The fraction of sp³-hybridized carbons (Fsp3) is 0.505. The molecule has 0 spiro atoms. The molecule has 7 amide bonds. The third-order valence-electron chi connectivity index (χ3n) is 18.8.